The van der Waals surface area contributed by atoms with Crippen molar-refractivity contribution in [1.82, 2.24) is 4.98 Å². The number of nitrogens with one attached hydrogen (secondary N) is 1. The number of hydrogen-bond donors (Lipinski definition) is 1. The minimum Gasteiger partial charge on any atom is -0.361 e. The lowest BCUT2D eigenvalue weighted by Crippen LogP contribution is -2.30. The number of unbranched alkanes of at least 4 members (excludes halogenated alkanes) is 4. The van der Waals surface area contributed by atoms with Crippen molar-refractivity contribution >= 4 is 20.7 Å². The van der Waals surface area contributed by atoms with E-state index in [2.05, 4.69) is 29.2 Å². The second-order valence-corrected chi connectivity index (χ2v) is 10.2. The molecule has 2 rings (SSSR count). The Morgan fingerprint density at radius 3 is 2.39 bits per heavy atom. The first kappa shape index (κ1) is 18.1. The lowest BCUT2D eigenvalue weighted by molar-refractivity contribution is 0.552. The maximum absolute atomic E-state index is 12.0. The summed E-state index contributed by atoms with van der Waals surface area (Å²) in [5.41, 5.74) is 2.57. The van der Waals surface area contributed by atoms with E-state index in [9.17, 15) is 8.42 Å². The van der Waals surface area contributed by atoms with Crippen LogP contribution in [0, 0.1) is 0 Å². The average Bonchev–Trinajstić information content (AvgIpc) is 2.92. The number of hydrogen-bond acceptors (Lipinski definition) is 2. The van der Waals surface area contributed by atoms with Crippen molar-refractivity contribution in [2.75, 3.05) is 5.75 Å². The van der Waals surface area contributed by atoms with Crippen molar-refractivity contribution in [3.63, 3.8) is 0 Å². The van der Waals surface area contributed by atoms with Crippen molar-refractivity contribution in [1.29, 1.82) is 0 Å². The van der Waals surface area contributed by atoms with Gasteiger partial charge in [-0.3, -0.25) is 0 Å². The van der Waals surface area contributed by atoms with Gasteiger partial charge in [0, 0.05) is 11.7 Å². The smallest absolute Gasteiger partial charge is 0.155 e. The molecule has 0 fully saturated rings. The number of H-pyrrole nitrogens is 1. The third-order valence-electron chi connectivity index (χ3n) is 4.43. The van der Waals surface area contributed by atoms with Crippen molar-refractivity contribution in [3.05, 3.63) is 36.0 Å². The van der Waals surface area contributed by atoms with E-state index < -0.39 is 14.6 Å². The average molecular weight is 336 g/mol. The van der Waals surface area contributed by atoms with Crippen molar-refractivity contribution in [2.45, 2.75) is 64.0 Å². The van der Waals surface area contributed by atoms with Gasteiger partial charge in [0.15, 0.2) is 9.84 Å². The number of benzene rings is 1. The van der Waals surface area contributed by atoms with Crippen LogP contribution < -0.4 is 0 Å². The summed E-state index contributed by atoms with van der Waals surface area (Å²) in [6.07, 6.45) is 8.32. The molecule has 0 spiro atoms. The van der Waals surface area contributed by atoms with Gasteiger partial charge in [0.2, 0.25) is 0 Å². The minimum absolute atomic E-state index is 0.320. The predicted molar refractivity (Wildman–Crippen MR) is 98.6 cm³/mol. The van der Waals surface area contributed by atoms with Gasteiger partial charge in [-0.05, 0) is 69.2 Å². The second kappa shape index (κ2) is 7.52. The first-order valence-electron chi connectivity index (χ1n) is 8.58. The molecule has 0 unspecified atom stereocenters. The number of sulfone groups is 1. The zero-order valence-electron chi connectivity index (χ0n) is 14.6. The quantitative estimate of drug-likeness (QED) is 0.699. The maximum atomic E-state index is 12.0. The van der Waals surface area contributed by atoms with E-state index in [0.717, 1.165) is 25.7 Å². The van der Waals surface area contributed by atoms with Gasteiger partial charge in [-0.1, -0.05) is 25.3 Å². The van der Waals surface area contributed by atoms with Crippen LogP contribution >= 0.6 is 0 Å². The summed E-state index contributed by atoms with van der Waals surface area (Å²) in [7, 11) is -2.95. The van der Waals surface area contributed by atoms with Gasteiger partial charge in [0.05, 0.1) is 10.5 Å². The molecule has 1 aromatic heterocycles. The standard InChI is InChI=1S/C19H29NO2S/c1-19(2,3)23(21,22)14-8-6-4-5-7-9-16-10-11-18-17(15-16)12-13-20-18/h10-13,15,20H,4-9,14H2,1-3H3. The van der Waals surface area contributed by atoms with Crippen LogP contribution in [0.2, 0.25) is 0 Å². The fraction of sp³-hybridized carbons (Fsp3) is 0.579. The normalized spacial score (nSPS) is 12.8. The Bertz CT molecular complexity index is 723. The van der Waals surface area contributed by atoms with Gasteiger partial charge < -0.3 is 4.98 Å². The molecule has 1 N–H and O–H groups in total. The highest BCUT2D eigenvalue weighted by atomic mass is 32.2. The Labute approximate surface area is 140 Å². The van der Waals surface area contributed by atoms with Crippen LogP contribution in [0.4, 0.5) is 0 Å². The highest BCUT2D eigenvalue weighted by Gasteiger charge is 2.27. The van der Waals surface area contributed by atoms with Crippen LogP contribution in [0.25, 0.3) is 10.9 Å². The lowest BCUT2D eigenvalue weighted by Gasteiger charge is -2.18. The molecule has 0 atom stereocenters. The fourth-order valence-corrected chi connectivity index (χ4v) is 3.91. The largest absolute Gasteiger partial charge is 0.361 e. The molecule has 128 valence electrons. The Balaban J connectivity index is 1.63. The number of fused-ring (bicyclic) bond motifs is 1. The van der Waals surface area contributed by atoms with E-state index in [-0.39, 0.29) is 0 Å². The Morgan fingerprint density at radius 1 is 0.957 bits per heavy atom. The van der Waals surface area contributed by atoms with Gasteiger partial charge in [-0.15, -0.1) is 0 Å². The molecular formula is C19H29NO2S. The highest BCUT2D eigenvalue weighted by molar-refractivity contribution is 7.92. The van der Waals surface area contributed by atoms with Crippen molar-refractivity contribution in [2.24, 2.45) is 0 Å². The van der Waals surface area contributed by atoms with Gasteiger partial charge in [-0.2, -0.15) is 0 Å². The first-order chi connectivity index (χ1) is 10.8. The highest BCUT2D eigenvalue weighted by Crippen LogP contribution is 2.19. The zero-order chi connectivity index (χ0) is 16.9. The molecule has 0 aliphatic heterocycles. The molecule has 4 heteroatoms. The monoisotopic (exact) mass is 335 g/mol. The second-order valence-electron chi connectivity index (χ2n) is 7.35. The van der Waals surface area contributed by atoms with E-state index >= 15 is 0 Å². The molecule has 0 aliphatic rings. The lowest BCUT2D eigenvalue weighted by atomic mass is 10.0. The summed E-state index contributed by atoms with van der Waals surface area (Å²) in [6.45, 7) is 5.34. The minimum atomic E-state index is -2.95. The van der Waals surface area contributed by atoms with Crippen molar-refractivity contribution < 1.29 is 8.42 Å². The molecule has 0 aliphatic carbocycles. The third-order valence-corrected chi connectivity index (χ3v) is 7.12. The van der Waals surface area contributed by atoms with Crippen LogP contribution in [-0.2, 0) is 16.3 Å². The Kier molecular flexibility index (Phi) is 5.90. The number of aromatic amines is 1. The zero-order valence-corrected chi connectivity index (χ0v) is 15.4. The maximum Gasteiger partial charge on any atom is 0.155 e. The van der Waals surface area contributed by atoms with Gasteiger partial charge in [0.1, 0.15) is 0 Å². The van der Waals surface area contributed by atoms with E-state index in [1.807, 2.05) is 6.20 Å². The molecule has 0 radical (unpaired) electrons. The molecule has 2 aromatic rings. The van der Waals surface area contributed by atoms with Crippen LogP contribution in [0.15, 0.2) is 30.5 Å². The van der Waals surface area contributed by atoms with Crippen LogP contribution in [0.1, 0.15) is 58.4 Å². The van der Waals surface area contributed by atoms with Crippen LogP contribution in [0.3, 0.4) is 0 Å². The van der Waals surface area contributed by atoms with E-state index in [1.54, 1.807) is 20.8 Å². The van der Waals surface area contributed by atoms with E-state index in [1.165, 1.54) is 29.3 Å². The predicted octanol–water partition coefficient (Wildman–Crippen LogP) is 4.87. The summed E-state index contributed by atoms with van der Waals surface area (Å²) >= 11 is 0. The molecule has 1 aromatic carbocycles. The first-order valence-corrected chi connectivity index (χ1v) is 10.2. The topological polar surface area (TPSA) is 49.9 Å². The fourth-order valence-electron chi connectivity index (χ4n) is 2.72. The molecule has 1 heterocycles. The summed E-state index contributed by atoms with van der Waals surface area (Å²) in [5, 5.41) is 1.27. The SMILES string of the molecule is CC(C)(C)S(=O)(=O)CCCCCCCc1ccc2[nH]ccc2c1. The molecular weight excluding hydrogens is 306 g/mol. The molecule has 0 amide bonds. The Hall–Kier alpha value is -1.29. The molecule has 0 bridgehead atoms. The summed E-state index contributed by atoms with van der Waals surface area (Å²) in [4.78, 5) is 3.21. The number of aromatic nitrogens is 1. The third kappa shape index (κ3) is 5.10. The summed E-state index contributed by atoms with van der Waals surface area (Å²) in [5.74, 6) is 0.320. The van der Waals surface area contributed by atoms with Crippen LogP contribution in [-0.4, -0.2) is 23.9 Å². The summed E-state index contributed by atoms with van der Waals surface area (Å²) < 4.78 is 23.4. The van der Waals surface area contributed by atoms with Gasteiger partial charge in [-0.25, -0.2) is 8.42 Å². The molecule has 0 saturated carbocycles. The van der Waals surface area contributed by atoms with Gasteiger partial charge in [0.25, 0.3) is 0 Å². The molecule has 3 nitrogen and oxygen atoms in total. The molecule has 23 heavy (non-hydrogen) atoms. The number of aryl methyl sites for hydroxylation is 1. The summed E-state index contributed by atoms with van der Waals surface area (Å²) in [6, 6.07) is 8.69. The molecule has 0 saturated heterocycles. The number of rotatable bonds is 8. The van der Waals surface area contributed by atoms with E-state index in [0.29, 0.717) is 5.75 Å². The van der Waals surface area contributed by atoms with Gasteiger partial charge >= 0.3 is 0 Å². The van der Waals surface area contributed by atoms with E-state index in [4.69, 9.17) is 0 Å². The van der Waals surface area contributed by atoms with Crippen LogP contribution in [0.5, 0.6) is 0 Å². The Morgan fingerprint density at radius 2 is 1.65 bits per heavy atom. The van der Waals surface area contributed by atoms with Crippen molar-refractivity contribution in [3.8, 4) is 0 Å².